The Morgan fingerprint density at radius 3 is 1.95 bits per heavy atom. The van der Waals surface area contributed by atoms with Gasteiger partial charge in [-0.3, -0.25) is 0 Å². The number of hydrogen-bond donors (Lipinski definition) is 0. The molecule has 1 aromatic rings. The summed E-state index contributed by atoms with van der Waals surface area (Å²) in [6.45, 7) is 0. The normalized spacial score (nSPS) is 13.2. The van der Waals surface area contributed by atoms with Crippen LogP contribution in [0.15, 0.2) is 30.3 Å². The highest BCUT2D eigenvalue weighted by molar-refractivity contribution is 8.12. The number of sulfonamides is 1. The van der Waals surface area contributed by atoms with E-state index in [4.69, 9.17) is 0 Å². The van der Waals surface area contributed by atoms with Crippen molar-refractivity contribution in [2.45, 2.75) is 11.9 Å². The lowest BCUT2D eigenvalue weighted by molar-refractivity contribution is -0.440. The lowest BCUT2D eigenvalue weighted by atomic mass is 10.3. The molecule has 0 saturated heterocycles. The van der Waals surface area contributed by atoms with Gasteiger partial charge in [-0.1, -0.05) is 18.2 Å². The molecule has 13 heteroatoms. The quantitative estimate of drug-likeness (QED) is 0.266. The van der Waals surface area contributed by atoms with Gasteiger partial charge in [0.1, 0.15) is 0 Å². The molecule has 1 aromatic carbocycles. The fourth-order valence-corrected chi connectivity index (χ4v) is 2.55. The van der Waals surface area contributed by atoms with Crippen LogP contribution in [0.3, 0.4) is 0 Å². The van der Waals surface area contributed by atoms with Crippen molar-refractivity contribution < 1.29 is 44.0 Å². The summed E-state index contributed by atoms with van der Waals surface area (Å²) < 4.78 is 98.0. The molecular formula is C8H5F6NO4S2. The molecule has 0 aromatic heterocycles. The first-order valence-electron chi connectivity index (χ1n) is 4.71. The molecule has 0 saturated carbocycles. The zero-order valence-electron chi connectivity index (χ0n) is 9.55. The van der Waals surface area contributed by atoms with Crippen LogP contribution in [0.4, 0.5) is 32.0 Å². The smallest absolute Gasteiger partial charge is 0.196 e. The highest BCUT2D eigenvalue weighted by Gasteiger charge is 2.51. The fourth-order valence-electron chi connectivity index (χ4n) is 0.947. The van der Waals surface area contributed by atoms with Gasteiger partial charge in [0.25, 0.3) is 0 Å². The minimum absolute atomic E-state index is 0.487. The summed E-state index contributed by atoms with van der Waals surface area (Å²) in [5.41, 5.74) is -6.32. The van der Waals surface area contributed by atoms with E-state index in [1.54, 1.807) is 0 Å². The van der Waals surface area contributed by atoms with Crippen LogP contribution >= 0.6 is 12.2 Å². The van der Waals surface area contributed by atoms with Crippen molar-refractivity contribution in [3.63, 3.8) is 0 Å². The van der Waals surface area contributed by atoms with Crippen LogP contribution in [-0.2, 0) is 19.2 Å². The third-order valence-electron chi connectivity index (χ3n) is 1.70. The molecular weight excluding hydrogens is 352 g/mol. The molecule has 0 spiro atoms. The molecule has 0 aliphatic carbocycles. The van der Waals surface area contributed by atoms with Gasteiger partial charge in [0, 0.05) is 0 Å². The van der Waals surface area contributed by atoms with Gasteiger partial charge in [0.15, 0.2) is 12.2 Å². The molecule has 5 nitrogen and oxygen atoms in total. The molecule has 0 unspecified atom stereocenters. The lowest BCUT2D eigenvalue weighted by Gasteiger charge is -2.22. The van der Waals surface area contributed by atoms with Crippen LogP contribution in [0.2, 0.25) is 0 Å². The second kappa shape index (κ2) is 6.29. The second-order valence-corrected chi connectivity index (χ2v) is 5.84. The number of alkyl halides is 6. The van der Waals surface area contributed by atoms with Gasteiger partial charge < -0.3 is 0 Å². The Labute approximate surface area is 118 Å². The van der Waals surface area contributed by atoms with Gasteiger partial charge in [-0.05, 0) is 12.1 Å². The first kappa shape index (κ1) is 17.9. The second-order valence-electron chi connectivity index (χ2n) is 3.19. The molecule has 120 valence electrons. The molecule has 1 rings (SSSR count). The monoisotopic (exact) mass is 357 g/mol. The largest absolute Gasteiger partial charge is 0.550 e. The molecule has 0 fully saturated rings. The number of anilines is 1. The van der Waals surface area contributed by atoms with E-state index in [2.05, 4.69) is 9.22 Å². The van der Waals surface area contributed by atoms with Gasteiger partial charge >= 0.3 is 21.9 Å². The van der Waals surface area contributed by atoms with E-state index in [1.807, 2.05) is 0 Å². The van der Waals surface area contributed by atoms with Crippen LogP contribution in [0.25, 0.3) is 0 Å². The van der Waals surface area contributed by atoms with Gasteiger partial charge in [-0.25, -0.2) is 0 Å². The van der Waals surface area contributed by atoms with Crippen LogP contribution in [0.1, 0.15) is 0 Å². The average Bonchev–Trinajstić information content (AvgIpc) is 2.33. The Morgan fingerprint density at radius 1 is 1.00 bits per heavy atom. The Bertz CT molecular complexity index is 558. The van der Waals surface area contributed by atoms with Crippen molar-refractivity contribution in [3.8, 4) is 0 Å². The Hall–Kier alpha value is -1.18. The predicted molar refractivity (Wildman–Crippen MR) is 59.7 cm³/mol. The van der Waals surface area contributed by atoms with Crippen molar-refractivity contribution >= 4 is 27.9 Å². The van der Waals surface area contributed by atoms with Gasteiger partial charge in [0.2, 0.25) is 0 Å². The SMILES string of the molecule is O=S(=O)(N(SOOC(F)(F)F)c1ccccc1)C(F)(F)F. The highest BCUT2D eigenvalue weighted by atomic mass is 32.3. The van der Waals surface area contributed by atoms with E-state index in [-0.39, 0.29) is 0 Å². The number of rotatable bonds is 5. The van der Waals surface area contributed by atoms with Gasteiger partial charge in [-0.2, -0.15) is 25.3 Å². The standard InChI is InChI=1S/C8H5F6NO4S2/c9-7(10,11)18-19-20-15(6-4-2-1-3-5-6)21(16,17)8(12,13)14/h1-5H. The third-order valence-corrected chi connectivity index (χ3v) is 4.18. The summed E-state index contributed by atoms with van der Waals surface area (Å²) in [4.78, 5) is 2.78. The van der Waals surface area contributed by atoms with E-state index < -0.39 is 43.5 Å². The van der Waals surface area contributed by atoms with Crippen molar-refractivity contribution in [2.24, 2.45) is 0 Å². The average molecular weight is 357 g/mol. The maximum absolute atomic E-state index is 12.5. The van der Waals surface area contributed by atoms with E-state index in [1.165, 1.54) is 18.2 Å². The maximum Gasteiger partial charge on any atom is 0.550 e. The number of halogens is 6. The number of hydrogen-bond acceptors (Lipinski definition) is 5. The molecule has 0 radical (unpaired) electrons. The van der Waals surface area contributed by atoms with E-state index >= 15 is 0 Å². The summed E-state index contributed by atoms with van der Waals surface area (Å²) in [6.07, 6.45) is -5.31. The number of benzene rings is 1. The summed E-state index contributed by atoms with van der Waals surface area (Å²) in [5, 5.41) is 0. The van der Waals surface area contributed by atoms with Crippen molar-refractivity contribution in [1.82, 2.24) is 0 Å². The van der Waals surface area contributed by atoms with Crippen molar-refractivity contribution in [1.29, 1.82) is 0 Å². The molecule has 0 amide bonds. The number of nitrogens with zero attached hydrogens (tertiary/aromatic N) is 1. The van der Waals surface area contributed by atoms with Gasteiger partial charge in [0.05, 0.1) is 5.69 Å². The molecule has 0 atom stereocenters. The Kier molecular flexibility index (Phi) is 5.35. The maximum atomic E-state index is 12.5. The third kappa shape index (κ3) is 4.94. The number of para-hydroxylation sites is 1. The van der Waals surface area contributed by atoms with Crippen LogP contribution in [-0.4, -0.2) is 20.3 Å². The molecule has 0 heterocycles. The minimum Gasteiger partial charge on any atom is -0.196 e. The van der Waals surface area contributed by atoms with E-state index in [9.17, 15) is 34.8 Å². The molecule has 0 aliphatic rings. The van der Waals surface area contributed by atoms with E-state index in [0.29, 0.717) is 0 Å². The molecule has 21 heavy (non-hydrogen) atoms. The summed E-state index contributed by atoms with van der Waals surface area (Å²) in [7, 11) is -5.99. The first-order valence-corrected chi connectivity index (χ1v) is 6.85. The van der Waals surface area contributed by atoms with Crippen LogP contribution in [0.5, 0.6) is 0 Å². The molecule has 0 bridgehead atoms. The summed E-state index contributed by atoms with van der Waals surface area (Å²) in [6, 6.07) is 5.57. The fraction of sp³-hybridized carbons (Fsp3) is 0.250. The Morgan fingerprint density at radius 2 is 1.52 bits per heavy atom. The minimum atomic E-state index is -5.99. The van der Waals surface area contributed by atoms with Crippen LogP contribution < -0.4 is 3.71 Å². The molecule has 0 aliphatic heterocycles. The van der Waals surface area contributed by atoms with E-state index in [0.717, 1.165) is 12.1 Å². The lowest BCUT2D eigenvalue weighted by Crippen LogP contribution is -2.37. The molecule has 0 N–H and O–H groups in total. The zero-order valence-corrected chi connectivity index (χ0v) is 11.2. The Balaban J connectivity index is 3.03. The van der Waals surface area contributed by atoms with Crippen molar-refractivity contribution in [2.75, 3.05) is 3.71 Å². The van der Waals surface area contributed by atoms with Crippen LogP contribution in [0, 0.1) is 0 Å². The summed E-state index contributed by atoms with van der Waals surface area (Å²) in [5.74, 6) is 0. The topological polar surface area (TPSA) is 55.8 Å². The van der Waals surface area contributed by atoms with Gasteiger partial charge in [-0.15, -0.1) is 22.4 Å². The highest BCUT2D eigenvalue weighted by Crippen LogP contribution is 2.36. The zero-order chi connectivity index (χ0) is 16.3. The summed E-state index contributed by atoms with van der Waals surface area (Å²) >= 11 is -0.782. The first-order chi connectivity index (χ1) is 9.45. The van der Waals surface area contributed by atoms with Crippen molar-refractivity contribution in [3.05, 3.63) is 30.3 Å². The predicted octanol–water partition coefficient (Wildman–Crippen LogP) is 3.37.